The number of rotatable bonds is 5. The molecule has 0 saturated heterocycles. The first-order valence-electron chi connectivity index (χ1n) is 9.34. The summed E-state index contributed by atoms with van der Waals surface area (Å²) in [4.78, 5) is 13.3. The van der Waals surface area contributed by atoms with Crippen molar-refractivity contribution in [2.75, 3.05) is 6.61 Å². The van der Waals surface area contributed by atoms with Gasteiger partial charge in [-0.3, -0.25) is 4.79 Å². The van der Waals surface area contributed by atoms with Gasteiger partial charge in [0.2, 0.25) is 5.91 Å². The molecule has 0 spiro atoms. The Morgan fingerprint density at radius 3 is 2.62 bits per heavy atom. The van der Waals surface area contributed by atoms with Gasteiger partial charge < -0.3 is 10.4 Å². The van der Waals surface area contributed by atoms with Gasteiger partial charge in [0.05, 0.1) is 5.41 Å². The van der Waals surface area contributed by atoms with Gasteiger partial charge in [0.25, 0.3) is 0 Å². The van der Waals surface area contributed by atoms with E-state index in [2.05, 4.69) is 35.7 Å². The van der Waals surface area contributed by atoms with E-state index < -0.39 is 0 Å². The molecule has 3 nitrogen and oxygen atoms in total. The van der Waals surface area contributed by atoms with Gasteiger partial charge in [-0.15, -0.1) is 0 Å². The molecule has 5 atom stereocenters. The van der Waals surface area contributed by atoms with Crippen molar-refractivity contribution in [2.24, 2.45) is 23.2 Å². The Morgan fingerprint density at radius 1 is 1.17 bits per heavy atom. The molecule has 4 rings (SSSR count). The first-order valence-corrected chi connectivity index (χ1v) is 9.34. The van der Waals surface area contributed by atoms with Crippen LogP contribution in [0.15, 0.2) is 42.5 Å². The van der Waals surface area contributed by atoms with Crippen molar-refractivity contribution in [3.63, 3.8) is 0 Å². The molecule has 2 N–H and O–H groups in total. The van der Waals surface area contributed by atoms with Gasteiger partial charge in [0.15, 0.2) is 0 Å². The summed E-state index contributed by atoms with van der Waals surface area (Å²) in [5.41, 5.74) is 1.05. The van der Waals surface area contributed by atoms with Gasteiger partial charge in [-0.1, -0.05) is 48.9 Å². The standard InChI is InChI=1S/C21H27NO2/c23-14-17-7-9-19(11-17)22-20(24)21(12-15-4-2-1-3-5-15)13-16-6-8-18(21)10-16/h1-5,7,9,16-19,23H,6,8,10-14H2,(H,22,24)/t16?,17-,18?,19+,21?/m0/s1. The lowest BCUT2D eigenvalue weighted by Gasteiger charge is -2.37. The average Bonchev–Trinajstić information content (AvgIpc) is 3.31. The molecule has 3 aliphatic rings. The quantitative estimate of drug-likeness (QED) is 0.817. The molecule has 1 aromatic carbocycles. The van der Waals surface area contributed by atoms with Gasteiger partial charge in [-0.2, -0.15) is 0 Å². The van der Waals surface area contributed by atoms with Crippen LogP contribution in [0.1, 0.15) is 37.7 Å². The summed E-state index contributed by atoms with van der Waals surface area (Å²) >= 11 is 0. The van der Waals surface area contributed by atoms with E-state index in [0.29, 0.717) is 5.92 Å². The minimum absolute atomic E-state index is 0.0847. The topological polar surface area (TPSA) is 49.3 Å². The summed E-state index contributed by atoms with van der Waals surface area (Å²) in [6.07, 6.45) is 10.5. The van der Waals surface area contributed by atoms with Gasteiger partial charge in [0, 0.05) is 18.6 Å². The average molecular weight is 325 g/mol. The van der Waals surface area contributed by atoms with Gasteiger partial charge in [-0.05, 0) is 49.5 Å². The van der Waals surface area contributed by atoms with Crippen LogP contribution in [-0.4, -0.2) is 23.7 Å². The van der Waals surface area contributed by atoms with E-state index in [1.807, 2.05) is 12.1 Å². The fraction of sp³-hybridized carbons (Fsp3) is 0.571. The lowest BCUT2D eigenvalue weighted by Crippen LogP contribution is -2.48. The molecule has 1 amide bonds. The fourth-order valence-corrected chi connectivity index (χ4v) is 5.31. The Hall–Kier alpha value is -1.61. The van der Waals surface area contributed by atoms with E-state index in [0.717, 1.165) is 25.2 Å². The highest BCUT2D eigenvalue weighted by Gasteiger charge is 2.55. The Kier molecular flexibility index (Phi) is 4.21. The van der Waals surface area contributed by atoms with Crippen LogP contribution in [-0.2, 0) is 11.2 Å². The van der Waals surface area contributed by atoms with Crippen molar-refractivity contribution < 1.29 is 9.90 Å². The van der Waals surface area contributed by atoms with Crippen LogP contribution in [0.4, 0.5) is 0 Å². The van der Waals surface area contributed by atoms with E-state index in [1.165, 1.54) is 24.8 Å². The van der Waals surface area contributed by atoms with Crippen molar-refractivity contribution in [1.82, 2.24) is 5.32 Å². The second-order valence-corrected chi connectivity index (χ2v) is 8.04. The molecule has 0 heterocycles. The molecule has 3 unspecified atom stereocenters. The van der Waals surface area contributed by atoms with Gasteiger partial charge >= 0.3 is 0 Å². The summed E-state index contributed by atoms with van der Waals surface area (Å²) in [6, 6.07) is 10.6. The molecule has 2 fully saturated rings. The molecule has 3 aliphatic carbocycles. The zero-order valence-electron chi connectivity index (χ0n) is 14.2. The third-order valence-electron chi connectivity index (χ3n) is 6.51. The lowest BCUT2D eigenvalue weighted by atomic mass is 9.68. The predicted octanol–water partition coefficient (Wildman–Crippen LogP) is 3.09. The van der Waals surface area contributed by atoms with Crippen LogP contribution < -0.4 is 5.32 Å². The number of hydrogen-bond donors (Lipinski definition) is 2. The summed E-state index contributed by atoms with van der Waals surface area (Å²) in [6.45, 7) is 0.169. The molecular formula is C21H27NO2. The largest absolute Gasteiger partial charge is 0.396 e. The second kappa shape index (κ2) is 6.36. The number of carbonyl (C=O) groups is 1. The summed E-state index contributed by atoms with van der Waals surface area (Å²) < 4.78 is 0. The summed E-state index contributed by atoms with van der Waals surface area (Å²) in [5, 5.41) is 12.6. The maximum atomic E-state index is 13.3. The van der Waals surface area contributed by atoms with E-state index in [9.17, 15) is 9.90 Å². The van der Waals surface area contributed by atoms with E-state index in [-0.39, 0.29) is 29.9 Å². The van der Waals surface area contributed by atoms with Crippen molar-refractivity contribution >= 4 is 5.91 Å². The lowest BCUT2D eigenvalue weighted by molar-refractivity contribution is -0.134. The van der Waals surface area contributed by atoms with Crippen LogP contribution in [0.3, 0.4) is 0 Å². The van der Waals surface area contributed by atoms with E-state index >= 15 is 0 Å². The number of carbonyl (C=O) groups excluding carboxylic acids is 1. The monoisotopic (exact) mass is 325 g/mol. The third-order valence-corrected chi connectivity index (χ3v) is 6.51. The number of benzene rings is 1. The number of aliphatic hydroxyl groups excluding tert-OH is 1. The minimum Gasteiger partial charge on any atom is -0.396 e. The molecule has 2 bridgehead atoms. The number of fused-ring (bicyclic) bond motifs is 2. The molecular weight excluding hydrogens is 298 g/mol. The van der Waals surface area contributed by atoms with Crippen molar-refractivity contribution in [3.05, 3.63) is 48.0 Å². The number of aliphatic hydroxyl groups is 1. The van der Waals surface area contributed by atoms with Crippen LogP contribution in [0, 0.1) is 23.2 Å². The maximum Gasteiger partial charge on any atom is 0.227 e. The van der Waals surface area contributed by atoms with Gasteiger partial charge in [0.1, 0.15) is 0 Å². The van der Waals surface area contributed by atoms with Crippen molar-refractivity contribution in [1.29, 1.82) is 0 Å². The maximum absolute atomic E-state index is 13.3. The van der Waals surface area contributed by atoms with Crippen molar-refractivity contribution in [3.8, 4) is 0 Å². The van der Waals surface area contributed by atoms with Gasteiger partial charge in [-0.25, -0.2) is 0 Å². The third kappa shape index (κ3) is 2.79. The summed E-state index contributed by atoms with van der Waals surface area (Å²) in [5.74, 6) is 1.70. The molecule has 2 saturated carbocycles. The van der Waals surface area contributed by atoms with Crippen LogP contribution in [0.5, 0.6) is 0 Å². The predicted molar refractivity (Wildman–Crippen MR) is 94.3 cm³/mol. The van der Waals surface area contributed by atoms with Crippen molar-refractivity contribution in [2.45, 2.75) is 44.6 Å². The summed E-state index contributed by atoms with van der Waals surface area (Å²) in [7, 11) is 0. The number of nitrogens with one attached hydrogen (secondary N) is 1. The highest BCUT2D eigenvalue weighted by atomic mass is 16.3. The van der Waals surface area contributed by atoms with Crippen LogP contribution >= 0.6 is 0 Å². The number of amides is 1. The molecule has 128 valence electrons. The van der Waals surface area contributed by atoms with E-state index in [1.54, 1.807) is 0 Å². The Morgan fingerprint density at radius 2 is 2.00 bits per heavy atom. The minimum atomic E-state index is -0.227. The molecule has 0 aliphatic heterocycles. The highest BCUT2D eigenvalue weighted by Crippen LogP contribution is 2.57. The zero-order chi connectivity index (χ0) is 16.6. The SMILES string of the molecule is O=C(N[C@@H]1C=C[C@H](CO)C1)C1(Cc2ccccc2)CC2CCC1C2. The molecule has 24 heavy (non-hydrogen) atoms. The Balaban J connectivity index is 1.53. The normalized spacial score (nSPS) is 37.0. The second-order valence-electron chi connectivity index (χ2n) is 8.04. The molecule has 3 heteroatoms. The Labute approximate surface area is 144 Å². The molecule has 0 aromatic heterocycles. The van der Waals surface area contributed by atoms with E-state index in [4.69, 9.17) is 0 Å². The zero-order valence-corrected chi connectivity index (χ0v) is 14.2. The number of hydrogen-bond acceptors (Lipinski definition) is 2. The first kappa shape index (κ1) is 15.9. The molecule has 0 radical (unpaired) electrons. The Bertz CT molecular complexity index is 626. The molecule has 1 aromatic rings. The highest BCUT2D eigenvalue weighted by molar-refractivity contribution is 5.84. The smallest absolute Gasteiger partial charge is 0.227 e. The van der Waals surface area contributed by atoms with Crippen LogP contribution in [0.25, 0.3) is 0 Å². The van der Waals surface area contributed by atoms with Crippen LogP contribution in [0.2, 0.25) is 0 Å². The first-order chi connectivity index (χ1) is 11.7. The fourth-order valence-electron chi connectivity index (χ4n) is 5.31.